The molecule has 1 saturated heterocycles. The molecular weight excluding hydrogens is 267 g/mol. The summed E-state index contributed by atoms with van der Waals surface area (Å²) in [7, 11) is 0. The van der Waals surface area contributed by atoms with Gasteiger partial charge >= 0.3 is 0 Å². The summed E-state index contributed by atoms with van der Waals surface area (Å²) >= 11 is 6.97. The molecule has 1 aliphatic heterocycles. The lowest BCUT2D eigenvalue weighted by atomic mass is 10.1. The van der Waals surface area contributed by atoms with Gasteiger partial charge in [0.05, 0.1) is 0 Å². The van der Waals surface area contributed by atoms with E-state index in [1.165, 1.54) is 12.1 Å². The molecule has 2 N–H and O–H groups in total. The van der Waals surface area contributed by atoms with Crippen molar-refractivity contribution in [3.8, 4) is 0 Å². The lowest BCUT2D eigenvalue weighted by molar-refractivity contribution is 0.624. The Balaban J connectivity index is 2.35. The predicted molar refractivity (Wildman–Crippen MR) is 81.0 cm³/mol. The SMILES string of the molecule is CC1(C)CN(c2ccc(F)cc2C(N)=S)CCS1. The Bertz CT molecular complexity index is 474. The van der Waals surface area contributed by atoms with Crippen molar-refractivity contribution in [2.45, 2.75) is 18.6 Å². The van der Waals surface area contributed by atoms with Gasteiger partial charge in [0, 0.05) is 34.8 Å². The summed E-state index contributed by atoms with van der Waals surface area (Å²) in [5, 5.41) is 0. The molecule has 0 spiro atoms. The van der Waals surface area contributed by atoms with E-state index in [1.54, 1.807) is 6.07 Å². The number of hydrogen-bond acceptors (Lipinski definition) is 3. The third-order valence-electron chi connectivity index (χ3n) is 2.99. The fraction of sp³-hybridized carbons (Fsp3) is 0.462. The molecule has 1 aromatic rings. The lowest BCUT2D eigenvalue weighted by Crippen LogP contribution is -2.43. The fourth-order valence-corrected chi connectivity index (χ4v) is 3.48. The molecule has 0 atom stereocenters. The van der Waals surface area contributed by atoms with Crippen LogP contribution in [-0.2, 0) is 0 Å². The minimum absolute atomic E-state index is 0.195. The summed E-state index contributed by atoms with van der Waals surface area (Å²) in [6.45, 7) is 6.29. The molecule has 18 heavy (non-hydrogen) atoms. The first kappa shape index (κ1) is 13.6. The fourth-order valence-electron chi connectivity index (χ4n) is 2.20. The second-order valence-corrected chi connectivity index (χ2v) is 7.30. The van der Waals surface area contributed by atoms with Crippen LogP contribution in [-0.4, -0.2) is 28.6 Å². The number of hydrogen-bond donors (Lipinski definition) is 1. The van der Waals surface area contributed by atoms with E-state index in [2.05, 4.69) is 18.7 Å². The molecule has 0 aliphatic carbocycles. The molecule has 2 nitrogen and oxygen atoms in total. The first-order valence-electron chi connectivity index (χ1n) is 5.87. The van der Waals surface area contributed by atoms with Crippen LogP contribution >= 0.6 is 24.0 Å². The smallest absolute Gasteiger partial charge is 0.124 e. The minimum atomic E-state index is -0.299. The average Bonchev–Trinajstić information content (AvgIpc) is 2.27. The summed E-state index contributed by atoms with van der Waals surface area (Å²) in [4.78, 5) is 2.49. The van der Waals surface area contributed by atoms with Crippen LogP contribution < -0.4 is 10.6 Å². The highest BCUT2D eigenvalue weighted by Gasteiger charge is 2.28. The molecule has 0 radical (unpaired) electrons. The number of anilines is 1. The summed E-state index contributed by atoms with van der Waals surface area (Å²) in [5.74, 6) is 0.758. The van der Waals surface area contributed by atoms with Gasteiger partial charge in [-0.25, -0.2) is 4.39 Å². The zero-order valence-electron chi connectivity index (χ0n) is 10.6. The van der Waals surface area contributed by atoms with E-state index >= 15 is 0 Å². The second-order valence-electron chi connectivity index (χ2n) is 5.06. The number of benzene rings is 1. The Morgan fingerprint density at radius 1 is 1.50 bits per heavy atom. The summed E-state index contributed by atoms with van der Waals surface area (Å²) < 4.78 is 13.5. The van der Waals surface area contributed by atoms with Crippen LogP contribution in [0.25, 0.3) is 0 Å². The van der Waals surface area contributed by atoms with Crippen LogP contribution in [0.5, 0.6) is 0 Å². The number of rotatable bonds is 2. The standard InChI is InChI=1S/C13H17FN2S2/c1-13(2)8-16(5-6-18-13)11-4-3-9(14)7-10(11)12(15)17/h3-4,7H,5-6,8H2,1-2H3,(H2,15,17). The van der Waals surface area contributed by atoms with Gasteiger partial charge in [0.1, 0.15) is 10.8 Å². The van der Waals surface area contributed by atoms with E-state index in [1.807, 2.05) is 11.8 Å². The van der Waals surface area contributed by atoms with Gasteiger partial charge in [-0.15, -0.1) is 0 Å². The molecule has 0 amide bonds. The van der Waals surface area contributed by atoms with E-state index < -0.39 is 0 Å². The Labute approximate surface area is 117 Å². The average molecular weight is 284 g/mol. The third-order valence-corrected chi connectivity index (χ3v) is 4.51. The van der Waals surface area contributed by atoms with Gasteiger partial charge in [-0.05, 0) is 32.0 Å². The van der Waals surface area contributed by atoms with Crippen LogP contribution in [0.15, 0.2) is 18.2 Å². The molecule has 0 unspecified atom stereocenters. The molecule has 0 aromatic heterocycles. The van der Waals surface area contributed by atoms with E-state index in [9.17, 15) is 4.39 Å². The normalized spacial score (nSPS) is 18.7. The largest absolute Gasteiger partial charge is 0.389 e. The number of nitrogens with zero attached hydrogens (tertiary/aromatic N) is 1. The molecule has 98 valence electrons. The Morgan fingerprint density at radius 3 is 2.83 bits per heavy atom. The molecule has 0 bridgehead atoms. The van der Waals surface area contributed by atoms with Crippen LogP contribution in [0.2, 0.25) is 0 Å². The zero-order chi connectivity index (χ0) is 13.3. The Hall–Kier alpha value is -0.810. The van der Waals surface area contributed by atoms with E-state index in [0.717, 1.165) is 24.5 Å². The van der Waals surface area contributed by atoms with Gasteiger partial charge in [-0.3, -0.25) is 0 Å². The maximum absolute atomic E-state index is 13.3. The molecule has 1 aliphatic rings. The van der Waals surface area contributed by atoms with E-state index in [-0.39, 0.29) is 15.6 Å². The van der Waals surface area contributed by atoms with Crippen molar-refractivity contribution >= 4 is 34.7 Å². The van der Waals surface area contributed by atoms with Crippen LogP contribution in [0.4, 0.5) is 10.1 Å². The first-order valence-corrected chi connectivity index (χ1v) is 7.27. The second kappa shape index (κ2) is 5.05. The van der Waals surface area contributed by atoms with E-state index in [4.69, 9.17) is 18.0 Å². The van der Waals surface area contributed by atoms with Crippen LogP contribution in [0.1, 0.15) is 19.4 Å². The third kappa shape index (κ3) is 2.95. The zero-order valence-corrected chi connectivity index (χ0v) is 12.2. The number of thioether (sulfide) groups is 1. The maximum atomic E-state index is 13.3. The molecule has 1 fully saturated rings. The van der Waals surface area contributed by atoms with Crippen LogP contribution in [0.3, 0.4) is 0 Å². The van der Waals surface area contributed by atoms with Gasteiger partial charge in [-0.2, -0.15) is 11.8 Å². The quantitative estimate of drug-likeness (QED) is 0.846. The van der Waals surface area contributed by atoms with Gasteiger partial charge in [0.2, 0.25) is 0 Å². The van der Waals surface area contributed by atoms with Crippen molar-refractivity contribution in [3.05, 3.63) is 29.6 Å². The summed E-state index contributed by atoms with van der Waals surface area (Å²) in [5.41, 5.74) is 7.26. The molecule has 5 heteroatoms. The highest BCUT2D eigenvalue weighted by atomic mass is 32.2. The number of halogens is 1. The monoisotopic (exact) mass is 284 g/mol. The van der Waals surface area contributed by atoms with Crippen molar-refractivity contribution in [3.63, 3.8) is 0 Å². The van der Waals surface area contributed by atoms with Crippen molar-refractivity contribution < 1.29 is 4.39 Å². The van der Waals surface area contributed by atoms with Crippen molar-refractivity contribution in [1.82, 2.24) is 0 Å². The van der Waals surface area contributed by atoms with Crippen molar-refractivity contribution in [1.29, 1.82) is 0 Å². The molecule has 0 saturated carbocycles. The Kier molecular flexibility index (Phi) is 3.82. The van der Waals surface area contributed by atoms with Crippen LogP contribution in [0, 0.1) is 5.82 Å². The molecular formula is C13H17FN2S2. The minimum Gasteiger partial charge on any atom is -0.389 e. The Morgan fingerprint density at radius 2 is 2.22 bits per heavy atom. The van der Waals surface area contributed by atoms with Crippen molar-refractivity contribution in [2.75, 3.05) is 23.7 Å². The molecule has 1 heterocycles. The topological polar surface area (TPSA) is 29.3 Å². The summed E-state index contributed by atoms with van der Waals surface area (Å²) in [6, 6.07) is 4.66. The molecule has 2 rings (SSSR count). The van der Waals surface area contributed by atoms with Gasteiger partial charge in [0.15, 0.2) is 0 Å². The number of thiocarbonyl (C=S) groups is 1. The van der Waals surface area contributed by atoms with Gasteiger partial charge in [-0.1, -0.05) is 12.2 Å². The van der Waals surface area contributed by atoms with Gasteiger partial charge < -0.3 is 10.6 Å². The highest BCUT2D eigenvalue weighted by molar-refractivity contribution is 8.00. The molecule has 1 aromatic carbocycles. The lowest BCUT2D eigenvalue weighted by Gasteiger charge is -2.39. The first-order chi connectivity index (χ1) is 8.39. The van der Waals surface area contributed by atoms with Crippen molar-refractivity contribution in [2.24, 2.45) is 5.73 Å². The highest BCUT2D eigenvalue weighted by Crippen LogP contribution is 2.33. The van der Waals surface area contributed by atoms with Gasteiger partial charge in [0.25, 0.3) is 0 Å². The maximum Gasteiger partial charge on any atom is 0.124 e. The van der Waals surface area contributed by atoms with E-state index in [0.29, 0.717) is 5.56 Å². The summed E-state index contributed by atoms with van der Waals surface area (Å²) in [6.07, 6.45) is 0. The predicted octanol–water partition coefficient (Wildman–Crippen LogP) is 2.79. The number of nitrogens with two attached hydrogens (primary N) is 1.